The summed E-state index contributed by atoms with van der Waals surface area (Å²) in [5, 5.41) is 18.6. The van der Waals surface area contributed by atoms with E-state index in [0.717, 1.165) is 23.4 Å². The number of likely N-dealkylation sites (tertiary alicyclic amines) is 1. The van der Waals surface area contributed by atoms with E-state index in [1.54, 1.807) is 0 Å². The van der Waals surface area contributed by atoms with E-state index in [1.165, 1.54) is 0 Å². The van der Waals surface area contributed by atoms with Crippen molar-refractivity contribution in [2.45, 2.75) is 51.2 Å². The number of carbonyl (C=O) groups is 1. The standard InChI is InChI=1S/C19H29N3O4/c1-12-13(2)20-21-16(12)3-4-18(23)22-9-14-10-26-8-6-19(14,24)15-11-25-7-5-17(15)22/h14-15,17,24H,3-11H2,1-2H3,(H,20,21)/t14-,15+,17-,19-/m0/s1. The highest BCUT2D eigenvalue weighted by Gasteiger charge is 2.56. The Kier molecular flexibility index (Phi) is 4.79. The van der Waals surface area contributed by atoms with Gasteiger partial charge < -0.3 is 19.5 Å². The number of H-pyrrole nitrogens is 1. The first-order chi connectivity index (χ1) is 12.5. The Morgan fingerprint density at radius 2 is 2.15 bits per heavy atom. The van der Waals surface area contributed by atoms with E-state index in [1.807, 2.05) is 18.7 Å². The number of carbonyl (C=O) groups excluding carboxylic acids is 1. The Hall–Kier alpha value is -1.44. The molecule has 0 radical (unpaired) electrons. The van der Waals surface area contributed by atoms with Crippen LogP contribution < -0.4 is 0 Å². The molecular weight excluding hydrogens is 334 g/mol. The quantitative estimate of drug-likeness (QED) is 0.836. The number of aryl methyl sites for hydroxylation is 2. The number of aromatic amines is 1. The molecule has 3 aliphatic rings. The molecule has 144 valence electrons. The van der Waals surface area contributed by atoms with Gasteiger partial charge in [0.25, 0.3) is 0 Å². The Bertz CT molecular complexity index is 676. The molecule has 1 aromatic heterocycles. The zero-order chi connectivity index (χ0) is 18.3. The van der Waals surface area contributed by atoms with Gasteiger partial charge in [-0.05, 0) is 25.8 Å². The summed E-state index contributed by atoms with van der Waals surface area (Å²) in [4.78, 5) is 15.0. The van der Waals surface area contributed by atoms with Crippen LogP contribution in [0.3, 0.4) is 0 Å². The van der Waals surface area contributed by atoms with Gasteiger partial charge in [-0.25, -0.2) is 0 Å². The van der Waals surface area contributed by atoms with Gasteiger partial charge in [0, 0.05) is 62.6 Å². The van der Waals surface area contributed by atoms with Gasteiger partial charge in [-0.15, -0.1) is 0 Å². The van der Waals surface area contributed by atoms with Gasteiger partial charge in [0.1, 0.15) is 0 Å². The summed E-state index contributed by atoms with van der Waals surface area (Å²) in [6, 6.07) is 0.0672. The van der Waals surface area contributed by atoms with Gasteiger partial charge in [-0.3, -0.25) is 9.89 Å². The second-order valence-electron chi connectivity index (χ2n) is 8.02. The van der Waals surface area contributed by atoms with Crippen molar-refractivity contribution < 1.29 is 19.4 Å². The van der Waals surface area contributed by atoms with Gasteiger partial charge in [0.15, 0.2) is 0 Å². The van der Waals surface area contributed by atoms with Crippen LogP contribution in [-0.2, 0) is 20.7 Å². The van der Waals surface area contributed by atoms with Crippen LogP contribution in [0.5, 0.6) is 0 Å². The average Bonchev–Trinajstić information content (AvgIpc) is 2.97. The van der Waals surface area contributed by atoms with E-state index >= 15 is 0 Å². The molecule has 1 aromatic rings. The lowest BCUT2D eigenvalue weighted by atomic mass is 9.66. The molecule has 7 nitrogen and oxygen atoms in total. The summed E-state index contributed by atoms with van der Waals surface area (Å²) in [6.45, 7) is 6.89. The lowest BCUT2D eigenvalue weighted by Gasteiger charge is -2.57. The maximum atomic E-state index is 13.0. The maximum Gasteiger partial charge on any atom is 0.223 e. The Labute approximate surface area is 154 Å². The molecule has 0 aromatic carbocycles. The predicted octanol–water partition coefficient (Wildman–Crippen LogP) is 0.974. The van der Waals surface area contributed by atoms with E-state index in [2.05, 4.69) is 10.2 Å². The first kappa shape index (κ1) is 17.9. The van der Waals surface area contributed by atoms with Crippen molar-refractivity contribution >= 4 is 5.91 Å². The second kappa shape index (κ2) is 6.94. The number of fused-ring (bicyclic) bond motifs is 3. The third-order valence-corrected chi connectivity index (χ3v) is 6.70. The van der Waals surface area contributed by atoms with Crippen molar-refractivity contribution in [3.8, 4) is 0 Å². The van der Waals surface area contributed by atoms with Crippen molar-refractivity contribution in [1.29, 1.82) is 0 Å². The number of amides is 1. The molecule has 0 unspecified atom stereocenters. The van der Waals surface area contributed by atoms with Gasteiger partial charge in [0.2, 0.25) is 5.91 Å². The summed E-state index contributed by atoms with van der Waals surface area (Å²) in [5.41, 5.74) is 2.39. The molecule has 0 spiro atoms. The summed E-state index contributed by atoms with van der Waals surface area (Å²) in [5.74, 6) is 0.101. The number of ether oxygens (including phenoxy) is 2. The maximum absolute atomic E-state index is 13.0. The number of nitrogens with zero attached hydrogens (tertiary/aromatic N) is 2. The first-order valence-electron chi connectivity index (χ1n) is 9.68. The minimum atomic E-state index is -0.768. The molecule has 2 N–H and O–H groups in total. The highest BCUT2D eigenvalue weighted by Crippen LogP contribution is 2.44. The molecule has 4 heterocycles. The average molecular weight is 363 g/mol. The van der Waals surface area contributed by atoms with Crippen molar-refractivity contribution in [2.75, 3.05) is 33.0 Å². The van der Waals surface area contributed by atoms with Crippen molar-refractivity contribution in [1.82, 2.24) is 15.1 Å². The summed E-state index contributed by atoms with van der Waals surface area (Å²) in [7, 11) is 0. The van der Waals surface area contributed by atoms with Crippen LogP contribution in [0.1, 0.15) is 36.2 Å². The molecular formula is C19H29N3O4. The minimum Gasteiger partial charge on any atom is -0.389 e. The zero-order valence-electron chi connectivity index (χ0n) is 15.7. The van der Waals surface area contributed by atoms with Crippen molar-refractivity contribution in [3.05, 3.63) is 17.0 Å². The molecule has 0 aliphatic carbocycles. The van der Waals surface area contributed by atoms with Crippen LogP contribution in [0.4, 0.5) is 0 Å². The molecule has 26 heavy (non-hydrogen) atoms. The van der Waals surface area contributed by atoms with Gasteiger partial charge >= 0.3 is 0 Å². The summed E-state index contributed by atoms with van der Waals surface area (Å²) in [6.07, 6.45) is 2.52. The fourth-order valence-corrected chi connectivity index (χ4v) is 4.89. The third kappa shape index (κ3) is 2.96. The van der Waals surface area contributed by atoms with E-state index in [9.17, 15) is 9.90 Å². The first-order valence-corrected chi connectivity index (χ1v) is 9.68. The summed E-state index contributed by atoms with van der Waals surface area (Å²) >= 11 is 0. The number of piperidine rings is 1. The van der Waals surface area contributed by atoms with Gasteiger partial charge in [-0.1, -0.05) is 0 Å². The zero-order valence-corrected chi connectivity index (χ0v) is 15.7. The Balaban J connectivity index is 1.49. The number of hydrogen-bond donors (Lipinski definition) is 2. The SMILES string of the molecule is Cc1[nH]nc(CCC(=O)N2C[C@H]3COCC[C@@]3(O)[C@@H]3COCC[C@@H]32)c1C. The number of aliphatic hydroxyl groups is 1. The predicted molar refractivity (Wildman–Crippen MR) is 94.7 cm³/mol. The van der Waals surface area contributed by atoms with Crippen LogP contribution >= 0.6 is 0 Å². The van der Waals surface area contributed by atoms with Crippen LogP contribution in [0.15, 0.2) is 0 Å². The molecule has 4 rings (SSSR count). The van der Waals surface area contributed by atoms with Crippen LogP contribution in [0.2, 0.25) is 0 Å². The molecule has 0 bridgehead atoms. The smallest absolute Gasteiger partial charge is 0.223 e. The molecule has 3 fully saturated rings. The normalized spacial score (nSPS) is 34.3. The Morgan fingerprint density at radius 3 is 2.92 bits per heavy atom. The van der Waals surface area contributed by atoms with Crippen LogP contribution in [-0.4, -0.2) is 70.7 Å². The fraction of sp³-hybridized carbons (Fsp3) is 0.789. The molecule has 0 saturated carbocycles. The van der Waals surface area contributed by atoms with Crippen molar-refractivity contribution in [2.24, 2.45) is 11.8 Å². The van der Waals surface area contributed by atoms with Crippen LogP contribution in [0.25, 0.3) is 0 Å². The number of aromatic nitrogens is 2. The number of hydrogen-bond acceptors (Lipinski definition) is 5. The van der Waals surface area contributed by atoms with E-state index in [-0.39, 0.29) is 23.8 Å². The second-order valence-corrected chi connectivity index (χ2v) is 8.02. The highest BCUT2D eigenvalue weighted by atomic mass is 16.5. The summed E-state index contributed by atoms with van der Waals surface area (Å²) < 4.78 is 11.3. The van der Waals surface area contributed by atoms with E-state index in [0.29, 0.717) is 52.2 Å². The molecule has 1 amide bonds. The Morgan fingerprint density at radius 1 is 1.35 bits per heavy atom. The lowest BCUT2D eigenvalue weighted by molar-refractivity contribution is -0.219. The molecule has 7 heteroatoms. The van der Waals surface area contributed by atoms with Crippen LogP contribution in [0, 0.1) is 25.7 Å². The van der Waals surface area contributed by atoms with E-state index < -0.39 is 5.60 Å². The monoisotopic (exact) mass is 363 g/mol. The highest BCUT2D eigenvalue weighted by molar-refractivity contribution is 5.77. The van der Waals surface area contributed by atoms with Gasteiger partial charge in [0.05, 0.1) is 24.5 Å². The number of nitrogens with one attached hydrogen (secondary N) is 1. The topological polar surface area (TPSA) is 87.7 Å². The molecule has 4 atom stereocenters. The number of rotatable bonds is 3. The molecule has 3 aliphatic heterocycles. The van der Waals surface area contributed by atoms with E-state index in [4.69, 9.17) is 9.47 Å². The lowest BCUT2D eigenvalue weighted by Crippen LogP contribution is -2.68. The minimum absolute atomic E-state index is 0.0165. The largest absolute Gasteiger partial charge is 0.389 e. The third-order valence-electron chi connectivity index (χ3n) is 6.70. The fourth-order valence-electron chi connectivity index (χ4n) is 4.89. The molecule has 3 saturated heterocycles. The van der Waals surface area contributed by atoms with Crippen molar-refractivity contribution in [3.63, 3.8) is 0 Å². The van der Waals surface area contributed by atoms with Gasteiger partial charge in [-0.2, -0.15) is 5.10 Å².